The van der Waals surface area contributed by atoms with Crippen LogP contribution in [0, 0.1) is 0 Å². The highest BCUT2D eigenvalue weighted by atomic mass is 14.9. The van der Waals surface area contributed by atoms with E-state index in [9.17, 15) is 0 Å². The fourth-order valence-corrected chi connectivity index (χ4v) is 2.13. The summed E-state index contributed by atoms with van der Waals surface area (Å²) in [5, 5.41) is 0. The molecule has 0 amide bonds. The van der Waals surface area contributed by atoms with Crippen molar-refractivity contribution in [2.75, 3.05) is 0 Å². The summed E-state index contributed by atoms with van der Waals surface area (Å²) >= 11 is 0. The molecule has 0 atom stereocenters. The maximum atomic E-state index is 4.41. The van der Waals surface area contributed by atoms with Crippen LogP contribution in [0.15, 0.2) is 67.0 Å². The van der Waals surface area contributed by atoms with E-state index in [1.807, 2.05) is 18.5 Å². The number of hydrogen-bond acceptors (Lipinski definition) is 2. The lowest BCUT2D eigenvalue weighted by atomic mass is 10.0. The molecule has 2 aromatic carbocycles. The molecule has 0 saturated heterocycles. The molecule has 0 aliphatic heterocycles. The van der Waals surface area contributed by atoms with E-state index >= 15 is 0 Å². The zero-order chi connectivity index (χ0) is 13.8. The average Bonchev–Trinajstić information content (AvgIpc) is 2.56. The number of nitrogens with zero attached hydrogens (tertiary/aromatic N) is 2. The van der Waals surface area contributed by atoms with Crippen LogP contribution in [-0.4, -0.2) is 9.97 Å². The van der Waals surface area contributed by atoms with Gasteiger partial charge in [-0.05, 0) is 23.1 Å². The van der Waals surface area contributed by atoms with Crippen LogP contribution in [0.5, 0.6) is 0 Å². The highest BCUT2D eigenvalue weighted by Gasteiger charge is 2.02. The fraction of sp³-hybridized carbons (Fsp3) is 0.111. The molecule has 1 heterocycles. The minimum absolute atomic E-state index is 0.779. The van der Waals surface area contributed by atoms with Crippen LogP contribution < -0.4 is 0 Å². The van der Waals surface area contributed by atoms with Crippen LogP contribution >= 0.6 is 0 Å². The average molecular weight is 260 g/mol. The van der Waals surface area contributed by atoms with E-state index in [0.29, 0.717) is 0 Å². The van der Waals surface area contributed by atoms with E-state index in [1.165, 1.54) is 11.1 Å². The van der Waals surface area contributed by atoms with Gasteiger partial charge in [-0.3, -0.25) is 0 Å². The molecule has 98 valence electrons. The van der Waals surface area contributed by atoms with Gasteiger partial charge in [-0.1, -0.05) is 61.5 Å². The Kier molecular flexibility index (Phi) is 3.55. The summed E-state index contributed by atoms with van der Waals surface area (Å²) in [6, 6.07) is 18.7. The van der Waals surface area contributed by atoms with Crippen molar-refractivity contribution >= 4 is 0 Å². The highest BCUT2D eigenvalue weighted by Crippen LogP contribution is 2.22. The Morgan fingerprint density at radius 1 is 0.700 bits per heavy atom. The standard InChI is InChI=1S/C18H16N2/c1-2-14-12-19-18(20-13-14)17-10-8-16(9-11-17)15-6-4-3-5-7-15/h3-13H,2H2,1H3. The van der Waals surface area contributed by atoms with Crippen molar-refractivity contribution in [2.24, 2.45) is 0 Å². The van der Waals surface area contributed by atoms with Gasteiger partial charge in [-0.15, -0.1) is 0 Å². The second-order valence-electron chi connectivity index (χ2n) is 4.71. The zero-order valence-corrected chi connectivity index (χ0v) is 11.5. The molecule has 0 bridgehead atoms. The number of aromatic nitrogens is 2. The lowest BCUT2D eigenvalue weighted by molar-refractivity contribution is 1.05. The Balaban J connectivity index is 1.89. The summed E-state index contributed by atoms with van der Waals surface area (Å²) in [5.74, 6) is 0.779. The Morgan fingerprint density at radius 2 is 1.25 bits per heavy atom. The molecule has 2 nitrogen and oxygen atoms in total. The first-order chi connectivity index (χ1) is 9.86. The topological polar surface area (TPSA) is 25.8 Å². The van der Waals surface area contributed by atoms with Crippen LogP contribution in [0.25, 0.3) is 22.5 Å². The molecule has 2 heteroatoms. The number of benzene rings is 2. The predicted molar refractivity (Wildman–Crippen MR) is 82.3 cm³/mol. The molecular formula is C18H16N2. The Hall–Kier alpha value is -2.48. The second kappa shape index (κ2) is 5.66. The van der Waals surface area contributed by atoms with Crippen LogP contribution in [0.3, 0.4) is 0 Å². The van der Waals surface area contributed by atoms with Gasteiger partial charge in [0.05, 0.1) is 0 Å². The molecule has 0 radical (unpaired) electrons. The summed E-state index contributed by atoms with van der Waals surface area (Å²) in [6.07, 6.45) is 4.76. The third kappa shape index (κ3) is 2.59. The minimum atomic E-state index is 0.779. The van der Waals surface area contributed by atoms with Crippen molar-refractivity contribution < 1.29 is 0 Å². The smallest absolute Gasteiger partial charge is 0.159 e. The lowest BCUT2D eigenvalue weighted by Crippen LogP contribution is -1.91. The molecule has 1 aromatic heterocycles. The predicted octanol–water partition coefficient (Wildman–Crippen LogP) is 4.37. The van der Waals surface area contributed by atoms with E-state index in [1.54, 1.807) is 0 Å². The van der Waals surface area contributed by atoms with E-state index in [-0.39, 0.29) is 0 Å². The Bertz CT molecular complexity index is 671. The SMILES string of the molecule is CCc1cnc(-c2ccc(-c3ccccc3)cc2)nc1. The van der Waals surface area contributed by atoms with Gasteiger partial charge in [-0.25, -0.2) is 9.97 Å². The van der Waals surface area contributed by atoms with Gasteiger partial charge in [0.25, 0.3) is 0 Å². The van der Waals surface area contributed by atoms with Crippen LogP contribution in [0.1, 0.15) is 12.5 Å². The summed E-state index contributed by atoms with van der Waals surface area (Å²) < 4.78 is 0. The minimum Gasteiger partial charge on any atom is -0.236 e. The number of aryl methyl sites for hydroxylation is 1. The quantitative estimate of drug-likeness (QED) is 0.698. The summed E-state index contributed by atoms with van der Waals surface area (Å²) in [5.41, 5.74) is 4.64. The van der Waals surface area contributed by atoms with Gasteiger partial charge in [0, 0.05) is 18.0 Å². The summed E-state index contributed by atoms with van der Waals surface area (Å²) in [4.78, 5) is 8.82. The van der Waals surface area contributed by atoms with Crippen molar-refractivity contribution in [3.05, 3.63) is 72.6 Å². The molecule has 20 heavy (non-hydrogen) atoms. The molecular weight excluding hydrogens is 244 g/mol. The normalized spacial score (nSPS) is 10.4. The molecule has 0 aliphatic rings. The summed E-state index contributed by atoms with van der Waals surface area (Å²) in [7, 11) is 0. The van der Waals surface area contributed by atoms with Gasteiger partial charge in [0.2, 0.25) is 0 Å². The van der Waals surface area contributed by atoms with Crippen molar-refractivity contribution in [3.63, 3.8) is 0 Å². The van der Waals surface area contributed by atoms with E-state index < -0.39 is 0 Å². The monoisotopic (exact) mass is 260 g/mol. The van der Waals surface area contributed by atoms with Gasteiger partial charge in [-0.2, -0.15) is 0 Å². The van der Waals surface area contributed by atoms with Gasteiger partial charge in [0.1, 0.15) is 0 Å². The van der Waals surface area contributed by atoms with Crippen molar-refractivity contribution in [1.29, 1.82) is 0 Å². The molecule has 0 saturated carbocycles. The van der Waals surface area contributed by atoms with Crippen molar-refractivity contribution in [1.82, 2.24) is 9.97 Å². The van der Waals surface area contributed by atoms with Gasteiger partial charge >= 0.3 is 0 Å². The first-order valence-electron chi connectivity index (χ1n) is 6.83. The Morgan fingerprint density at radius 3 is 1.85 bits per heavy atom. The van der Waals surface area contributed by atoms with Crippen LogP contribution in [-0.2, 0) is 6.42 Å². The van der Waals surface area contributed by atoms with E-state index in [0.717, 1.165) is 23.4 Å². The number of rotatable bonds is 3. The van der Waals surface area contributed by atoms with Crippen molar-refractivity contribution in [2.45, 2.75) is 13.3 Å². The van der Waals surface area contributed by atoms with E-state index in [2.05, 4.69) is 65.4 Å². The van der Waals surface area contributed by atoms with Gasteiger partial charge < -0.3 is 0 Å². The first-order valence-corrected chi connectivity index (χ1v) is 6.83. The van der Waals surface area contributed by atoms with Crippen LogP contribution in [0.2, 0.25) is 0 Å². The molecule has 0 spiro atoms. The molecule has 3 rings (SSSR count). The maximum absolute atomic E-state index is 4.41. The first kappa shape index (κ1) is 12.5. The van der Waals surface area contributed by atoms with Crippen molar-refractivity contribution in [3.8, 4) is 22.5 Å². The largest absolute Gasteiger partial charge is 0.236 e. The zero-order valence-electron chi connectivity index (χ0n) is 11.5. The maximum Gasteiger partial charge on any atom is 0.159 e. The molecule has 0 unspecified atom stereocenters. The fourth-order valence-electron chi connectivity index (χ4n) is 2.13. The lowest BCUT2D eigenvalue weighted by Gasteiger charge is -2.04. The summed E-state index contributed by atoms with van der Waals surface area (Å²) in [6.45, 7) is 2.10. The molecule has 0 N–H and O–H groups in total. The highest BCUT2D eigenvalue weighted by molar-refractivity contribution is 5.67. The molecule has 0 aliphatic carbocycles. The van der Waals surface area contributed by atoms with E-state index in [4.69, 9.17) is 0 Å². The third-order valence-electron chi connectivity index (χ3n) is 3.36. The molecule has 3 aromatic rings. The number of hydrogen-bond donors (Lipinski definition) is 0. The van der Waals surface area contributed by atoms with Gasteiger partial charge in [0.15, 0.2) is 5.82 Å². The molecule has 0 fully saturated rings. The third-order valence-corrected chi connectivity index (χ3v) is 3.36. The van der Waals surface area contributed by atoms with Crippen LogP contribution in [0.4, 0.5) is 0 Å². The second-order valence-corrected chi connectivity index (χ2v) is 4.71. The Labute approximate surface area is 119 Å².